The van der Waals surface area contributed by atoms with Crippen molar-refractivity contribution in [2.45, 2.75) is 25.9 Å². The topological polar surface area (TPSA) is 29.5 Å². The van der Waals surface area contributed by atoms with Gasteiger partial charge in [-0.25, -0.2) is 0 Å². The molecule has 1 aliphatic heterocycles. The number of rotatable bonds is 6. The molecule has 1 heterocycles. The third kappa shape index (κ3) is 5.26. The average Bonchev–Trinajstić information content (AvgIpc) is 2.79. The molecule has 1 aliphatic rings. The number of carbonyl (C=O) groups is 1. The molecule has 0 aromatic heterocycles. The summed E-state index contributed by atoms with van der Waals surface area (Å²) in [4.78, 5) is 14.8. The van der Waals surface area contributed by atoms with Crippen molar-refractivity contribution in [3.63, 3.8) is 0 Å². The van der Waals surface area contributed by atoms with E-state index in [1.54, 1.807) is 0 Å². The van der Waals surface area contributed by atoms with Crippen molar-refractivity contribution < 1.29 is 9.53 Å². The molecule has 0 N–H and O–H groups in total. The lowest BCUT2D eigenvalue weighted by Gasteiger charge is -2.32. The van der Waals surface area contributed by atoms with Gasteiger partial charge in [0.15, 0.2) is 0 Å². The van der Waals surface area contributed by atoms with Gasteiger partial charge < -0.3 is 9.64 Å². The van der Waals surface area contributed by atoms with Crippen molar-refractivity contribution in [3.05, 3.63) is 102 Å². The first-order chi connectivity index (χ1) is 14.3. The van der Waals surface area contributed by atoms with E-state index >= 15 is 0 Å². The first kappa shape index (κ1) is 19.3. The molecule has 0 aliphatic carbocycles. The van der Waals surface area contributed by atoms with Crippen molar-refractivity contribution >= 4 is 5.91 Å². The Morgan fingerprint density at radius 2 is 1.38 bits per heavy atom. The van der Waals surface area contributed by atoms with Crippen molar-refractivity contribution in [1.82, 2.24) is 4.90 Å². The fourth-order valence-corrected chi connectivity index (χ4v) is 3.90. The number of benzene rings is 3. The van der Waals surface area contributed by atoms with Crippen molar-refractivity contribution in [2.24, 2.45) is 5.92 Å². The van der Waals surface area contributed by atoms with Gasteiger partial charge in [-0.3, -0.25) is 4.79 Å². The van der Waals surface area contributed by atoms with Gasteiger partial charge in [-0.15, -0.1) is 0 Å². The normalized spacial score (nSPS) is 14.6. The second-order valence-electron chi connectivity index (χ2n) is 7.72. The third-order valence-corrected chi connectivity index (χ3v) is 5.62. The fraction of sp³-hybridized carbons (Fsp3) is 0.269. The molecule has 3 nitrogen and oxygen atoms in total. The molecule has 1 fully saturated rings. The van der Waals surface area contributed by atoms with E-state index in [4.69, 9.17) is 4.74 Å². The van der Waals surface area contributed by atoms with E-state index in [2.05, 4.69) is 30.3 Å². The second-order valence-corrected chi connectivity index (χ2v) is 7.72. The molecule has 29 heavy (non-hydrogen) atoms. The Bertz CT molecular complexity index is 898. The molecular weight excluding hydrogens is 358 g/mol. The molecule has 3 heteroatoms. The Morgan fingerprint density at radius 1 is 0.793 bits per heavy atom. The van der Waals surface area contributed by atoms with Crippen LogP contribution in [-0.4, -0.2) is 23.9 Å². The molecule has 1 saturated heterocycles. The summed E-state index contributed by atoms with van der Waals surface area (Å²) in [7, 11) is 0. The molecule has 0 saturated carbocycles. The van der Waals surface area contributed by atoms with E-state index in [0.29, 0.717) is 12.5 Å². The fourth-order valence-electron chi connectivity index (χ4n) is 3.90. The number of nitrogens with zero attached hydrogens (tertiary/aromatic N) is 1. The number of hydrogen-bond acceptors (Lipinski definition) is 2. The Kier molecular flexibility index (Phi) is 6.25. The maximum atomic E-state index is 12.8. The van der Waals surface area contributed by atoms with Gasteiger partial charge in [0.05, 0.1) is 0 Å². The molecule has 148 valence electrons. The van der Waals surface area contributed by atoms with E-state index in [1.165, 1.54) is 5.56 Å². The second kappa shape index (κ2) is 9.42. The van der Waals surface area contributed by atoms with Gasteiger partial charge in [0, 0.05) is 18.7 Å². The quantitative estimate of drug-likeness (QED) is 0.572. The number of amides is 1. The van der Waals surface area contributed by atoms with Gasteiger partial charge >= 0.3 is 0 Å². The highest BCUT2D eigenvalue weighted by Crippen LogP contribution is 2.23. The predicted molar refractivity (Wildman–Crippen MR) is 116 cm³/mol. The van der Waals surface area contributed by atoms with Crippen LogP contribution in [0.25, 0.3) is 0 Å². The molecule has 3 aromatic carbocycles. The smallest absolute Gasteiger partial charge is 0.253 e. The summed E-state index contributed by atoms with van der Waals surface area (Å²) in [5.74, 6) is 1.57. The molecule has 0 radical (unpaired) electrons. The van der Waals surface area contributed by atoms with Gasteiger partial charge in [0.2, 0.25) is 0 Å². The summed E-state index contributed by atoms with van der Waals surface area (Å²) in [6.07, 6.45) is 3.24. The SMILES string of the molecule is O=C(c1ccc(OCc2ccccc2)cc1)N1CCC(Cc2ccccc2)CC1. The first-order valence-electron chi connectivity index (χ1n) is 10.4. The summed E-state index contributed by atoms with van der Waals surface area (Å²) in [6.45, 7) is 2.20. The van der Waals surface area contributed by atoms with E-state index in [-0.39, 0.29) is 5.91 Å². The van der Waals surface area contributed by atoms with Gasteiger partial charge in [-0.1, -0.05) is 60.7 Å². The van der Waals surface area contributed by atoms with Crippen LogP contribution >= 0.6 is 0 Å². The summed E-state index contributed by atoms with van der Waals surface area (Å²) in [6, 6.07) is 28.2. The van der Waals surface area contributed by atoms with Crippen LogP contribution in [0.15, 0.2) is 84.9 Å². The first-order valence-corrected chi connectivity index (χ1v) is 10.4. The zero-order valence-corrected chi connectivity index (χ0v) is 16.7. The molecule has 4 rings (SSSR count). The van der Waals surface area contributed by atoms with Crippen LogP contribution in [0, 0.1) is 5.92 Å². The van der Waals surface area contributed by atoms with Crippen LogP contribution in [-0.2, 0) is 13.0 Å². The lowest BCUT2D eigenvalue weighted by Crippen LogP contribution is -2.38. The Hall–Kier alpha value is -3.07. The van der Waals surface area contributed by atoms with E-state index in [9.17, 15) is 4.79 Å². The molecule has 0 spiro atoms. The monoisotopic (exact) mass is 385 g/mol. The highest BCUT2D eigenvalue weighted by atomic mass is 16.5. The number of piperidine rings is 1. The lowest BCUT2D eigenvalue weighted by atomic mass is 9.90. The average molecular weight is 386 g/mol. The van der Waals surface area contributed by atoms with E-state index < -0.39 is 0 Å². The molecular formula is C26H27NO2. The summed E-state index contributed by atoms with van der Waals surface area (Å²) in [5.41, 5.74) is 3.26. The molecule has 3 aromatic rings. The number of likely N-dealkylation sites (tertiary alicyclic amines) is 1. The summed E-state index contributed by atoms with van der Waals surface area (Å²) < 4.78 is 5.82. The minimum atomic E-state index is 0.123. The number of hydrogen-bond donors (Lipinski definition) is 0. The molecule has 0 bridgehead atoms. The molecule has 1 amide bonds. The highest BCUT2D eigenvalue weighted by Gasteiger charge is 2.23. The standard InChI is InChI=1S/C26H27NO2/c28-26(27-17-15-22(16-18-27)19-21-7-3-1-4-8-21)24-11-13-25(14-12-24)29-20-23-9-5-2-6-10-23/h1-14,22H,15-20H2. The Balaban J connectivity index is 1.27. The van der Waals surface area contributed by atoms with Gasteiger partial charge in [-0.05, 0) is 60.6 Å². The summed E-state index contributed by atoms with van der Waals surface area (Å²) >= 11 is 0. The van der Waals surface area contributed by atoms with Crippen LogP contribution in [0.2, 0.25) is 0 Å². The van der Waals surface area contributed by atoms with E-state index in [0.717, 1.165) is 49.2 Å². The van der Waals surface area contributed by atoms with Crippen LogP contribution in [0.5, 0.6) is 5.75 Å². The van der Waals surface area contributed by atoms with Crippen LogP contribution in [0.1, 0.15) is 34.3 Å². The zero-order valence-electron chi connectivity index (χ0n) is 16.7. The minimum Gasteiger partial charge on any atom is -0.489 e. The predicted octanol–water partition coefficient (Wildman–Crippen LogP) is 5.36. The lowest BCUT2D eigenvalue weighted by molar-refractivity contribution is 0.0690. The van der Waals surface area contributed by atoms with Gasteiger partial charge in [-0.2, -0.15) is 0 Å². The number of carbonyl (C=O) groups excluding carboxylic acids is 1. The highest BCUT2D eigenvalue weighted by molar-refractivity contribution is 5.94. The van der Waals surface area contributed by atoms with Gasteiger partial charge in [0.1, 0.15) is 12.4 Å². The Labute approximate surface area is 172 Å². The maximum Gasteiger partial charge on any atom is 0.253 e. The maximum absolute atomic E-state index is 12.8. The zero-order chi connectivity index (χ0) is 19.9. The van der Waals surface area contributed by atoms with Crippen molar-refractivity contribution in [1.29, 1.82) is 0 Å². The van der Waals surface area contributed by atoms with Crippen LogP contribution in [0.4, 0.5) is 0 Å². The third-order valence-electron chi connectivity index (χ3n) is 5.62. The Morgan fingerprint density at radius 3 is 2.00 bits per heavy atom. The van der Waals surface area contributed by atoms with Crippen molar-refractivity contribution in [2.75, 3.05) is 13.1 Å². The minimum absolute atomic E-state index is 0.123. The molecule has 0 unspecified atom stereocenters. The van der Waals surface area contributed by atoms with Gasteiger partial charge in [0.25, 0.3) is 5.91 Å². The molecule has 0 atom stereocenters. The van der Waals surface area contributed by atoms with E-state index in [1.807, 2.05) is 59.5 Å². The number of ether oxygens (including phenoxy) is 1. The van der Waals surface area contributed by atoms with Crippen molar-refractivity contribution in [3.8, 4) is 5.75 Å². The van der Waals surface area contributed by atoms with Crippen LogP contribution < -0.4 is 4.74 Å². The largest absolute Gasteiger partial charge is 0.489 e. The van der Waals surface area contributed by atoms with Crippen LogP contribution in [0.3, 0.4) is 0 Å². The summed E-state index contributed by atoms with van der Waals surface area (Å²) in [5, 5.41) is 0.